The number of aromatic nitrogens is 3. The van der Waals surface area contributed by atoms with Gasteiger partial charge in [-0.1, -0.05) is 19.9 Å². The van der Waals surface area contributed by atoms with Crippen LogP contribution in [0.4, 0.5) is 4.39 Å². The van der Waals surface area contributed by atoms with Gasteiger partial charge in [-0.15, -0.1) is 0 Å². The third-order valence-electron chi connectivity index (χ3n) is 5.42. The molecule has 0 aliphatic carbocycles. The number of fused-ring (bicyclic) bond motifs is 1. The van der Waals surface area contributed by atoms with Crippen LogP contribution in [0.15, 0.2) is 36.7 Å². The summed E-state index contributed by atoms with van der Waals surface area (Å²) in [7, 11) is 3.33. The Kier molecular flexibility index (Phi) is 10.1. The van der Waals surface area contributed by atoms with Gasteiger partial charge < -0.3 is 14.8 Å². The smallest absolute Gasteiger partial charge is 0.269 e. The fraction of sp³-hybridized carbons (Fsp3) is 0.480. The summed E-state index contributed by atoms with van der Waals surface area (Å²) in [4.78, 5) is 29.7. The molecule has 1 aromatic carbocycles. The van der Waals surface area contributed by atoms with Gasteiger partial charge in [-0.3, -0.25) is 14.3 Å². The minimum absolute atomic E-state index is 0.157. The number of halogens is 1. The second-order valence-corrected chi connectivity index (χ2v) is 8.00. The lowest BCUT2D eigenvalue weighted by Crippen LogP contribution is -2.36. The van der Waals surface area contributed by atoms with Crippen molar-refractivity contribution in [3.05, 3.63) is 53.7 Å². The van der Waals surface area contributed by atoms with Gasteiger partial charge in [0.25, 0.3) is 5.91 Å². The zero-order chi connectivity index (χ0) is 24.4. The third kappa shape index (κ3) is 7.17. The van der Waals surface area contributed by atoms with Crippen LogP contribution in [-0.2, 0) is 11.3 Å². The summed E-state index contributed by atoms with van der Waals surface area (Å²) >= 11 is 0. The van der Waals surface area contributed by atoms with E-state index in [0.29, 0.717) is 24.2 Å². The predicted molar refractivity (Wildman–Crippen MR) is 130 cm³/mol. The second kappa shape index (κ2) is 12.8. The first kappa shape index (κ1) is 26.1. The maximum Gasteiger partial charge on any atom is 0.269 e. The van der Waals surface area contributed by atoms with Crippen LogP contribution < -0.4 is 0 Å². The van der Waals surface area contributed by atoms with Crippen molar-refractivity contribution < 1.29 is 14.0 Å². The van der Waals surface area contributed by atoms with E-state index < -0.39 is 0 Å². The number of nitrogens with zero attached hydrogens (tertiary/aromatic N) is 4. The van der Waals surface area contributed by atoms with E-state index in [0.717, 1.165) is 36.9 Å². The summed E-state index contributed by atoms with van der Waals surface area (Å²) in [6.45, 7) is 8.47. The molecule has 3 heterocycles. The molecular weight excluding hydrogens is 421 g/mol. The van der Waals surface area contributed by atoms with E-state index in [1.807, 2.05) is 42.6 Å². The Morgan fingerprint density at radius 1 is 1.15 bits per heavy atom. The molecule has 2 aromatic heterocycles. The molecule has 1 aliphatic rings. The summed E-state index contributed by atoms with van der Waals surface area (Å²) in [5.74, 6) is -0.224. The molecular formula is C25H36FN5O2. The lowest BCUT2D eigenvalue weighted by Gasteiger charge is -2.26. The number of likely N-dealkylation sites (tertiary alicyclic amines) is 1. The topological polar surface area (TPSA) is 74.2 Å². The number of benzene rings is 1. The molecule has 7 nitrogen and oxygen atoms in total. The highest BCUT2D eigenvalue weighted by Crippen LogP contribution is 2.22. The Morgan fingerprint density at radius 3 is 2.42 bits per heavy atom. The molecule has 33 heavy (non-hydrogen) atoms. The molecule has 8 heteroatoms. The van der Waals surface area contributed by atoms with Gasteiger partial charge in [0.2, 0.25) is 5.91 Å². The van der Waals surface area contributed by atoms with E-state index in [4.69, 9.17) is 0 Å². The van der Waals surface area contributed by atoms with Crippen molar-refractivity contribution in [2.75, 3.05) is 27.2 Å². The molecule has 0 unspecified atom stereocenters. The molecule has 0 radical (unpaired) electrons. The number of hydrogen-bond acceptors (Lipinski definition) is 3. The van der Waals surface area contributed by atoms with Crippen molar-refractivity contribution in [3.8, 4) is 0 Å². The third-order valence-corrected chi connectivity index (χ3v) is 5.42. The molecule has 3 aromatic rings. The maximum absolute atomic E-state index is 13.5. The molecule has 1 saturated heterocycles. The minimum Gasteiger partial charge on any atom is -0.348 e. The monoisotopic (exact) mass is 457 g/mol. The zero-order valence-electron chi connectivity index (χ0n) is 20.4. The molecule has 1 aliphatic heterocycles. The van der Waals surface area contributed by atoms with E-state index in [1.165, 1.54) is 17.4 Å². The van der Waals surface area contributed by atoms with Crippen LogP contribution in [0.25, 0.3) is 10.9 Å². The van der Waals surface area contributed by atoms with Crippen molar-refractivity contribution in [2.24, 2.45) is 0 Å². The van der Waals surface area contributed by atoms with Crippen LogP contribution in [0.1, 0.15) is 55.6 Å². The number of carbonyl (C=O) groups excluding carboxylic acids is 2. The lowest BCUT2D eigenvalue weighted by atomic mass is 10.1. The summed E-state index contributed by atoms with van der Waals surface area (Å²) in [6.07, 6.45) is 7.79. The lowest BCUT2D eigenvalue weighted by molar-refractivity contribution is -0.132. The number of piperidine rings is 1. The van der Waals surface area contributed by atoms with Crippen molar-refractivity contribution >= 4 is 22.7 Å². The SMILES string of the molecule is CC.Cc1ccc(F)c2[nH]c(C(=O)N(C)C)cc12.O=C(CCn1cccn1)N1CCCCC1. The van der Waals surface area contributed by atoms with Gasteiger partial charge in [0, 0.05) is 57.9 Å². The fourth-order valence-corrected chi connectivity index (χ4v) is 3.63. The van der Waals surface area contributed by atoms with Gasteiger partial charge in [-0.2, -0.15) is 5.10 Å². The van der Waals surface area contributed by atoms with Crippen molar-refractivity contribution in [1.29, 1.82) is 0 Å². The first-order valence-electron chi connectivity index (χ1n) is 11.6. The minimum atomic E-state index is -0.335. The van der Waals surface area contributed by atoms with Gasteiger partial charge in [0.05, 0.1) is 5.52 Å². The van der Waals surface area contributed by atoms with Gasteiger partial charge in [-0.05, 0) is 49.9 Å². The Balaban J connectivity index is 0.000000218. The van der Waals surface area contributed by atoms with E-state index in [9.17, 15) is 14.0 Å². The summed E-state index contributed by atoms with van der Waals surface area (Å²) in [5, 5.41) is 4.83. The van der Waals surface area contributed by atoms with Crippen molar-refractivity contribution in [1.82, 2.24) is 24.6 Å². The molecule has 0 spiro atoms. The Morgan fingerprint density at radius 2 is 1.85 bits per heavy atom. The fourth-order valence-electron chi connectivity index (χ4n) is 3.63. The van der Waals surface area contributed by atoms with Crippen LogP contribution in [0, 0.1) is 12.7 Å². The largest absolute Gasteiger partial charge is 0.348 e. The van der Waals surface area contributed by atoms with Gasteiger partial charge in [0.15, 0.2) is 0 Å². The number of carbonyl (C=O) groups is 2. The molecule has 1 N–H and O–H groups in total. The molecule has 180 valence electrons. The molecule has 0 bridgehead atoms. The standard InChI is InChI=1S/C12H13FN2O.C11H17N3O.C2H6/c1-7-4-5-9(13)11-8(7)6-10(14-11)12(16)15(2)3;15-11(13-7-2-1-3-8-13)5-10-14-9-4-6-12-14;1-2/h4-6,14H,1-3H3;4,6,9H,1-3,5,7-8,10H2;1-2H3. The van der Waals surface area contributed by atoms with Crippen LogP contribution in [0.3, 0.4) is 0 Å². The quantitative estimate of drug-likeness (QED) is 0.621. The number of H-pyrrole nitrogens is 1. The number of aromatic amines is 1. The Hall–Kier alpha value is -3.16. The normalized spacial score (nSPS) is 13.0. The molecule has 0 atom stereocenters. The highest BCUT2D eigenvalue weighted by molar-refractivity contribution is 5.98. The molecule has 4 rings (SSSR count). The number of aryl methyl sites for hydroxylation is 2. The van der Waals surface area contributed by atoms with Crippen LogP contribution in [0.5, 0.6) is 0 Å². The first-order chi connectivity index (χ1) is 15.9. The average molecular weight is 458 g/mol. The zero-order valence-corrected chi connectivity index (χ0v) is 20.4. The van der Waals surface area contributed by atoms with Crippen LogP contribution >= 0.6 is 0 Å². The molecule has 2 amide bonds. The van der Waals surface area contributed by atoms with Crippen LogP contribution in [-0.4, -0.2) is 63.6 Å². The maximum atomic E-state index is 13.5. The number of hydrogen-bond donors (Lipinski definition) is 1. The molecule has 0 saturated carbocycles. The Labute approximate surface area is 195 Å². The Bertz CT molecular complexity index is 982. The number of rotatable bonds is 4. The van der Waals surface area contributed by atoms with Crippen molar-refractivity contribution in [2.45, 2.75) is 53.0 Å². The van der Waals surface area contributed by atoms with Gasteiger partial charge >= 0.3 is 0 Å². The second-order valence-electron chi connectivity index (χ2n) is 8.00. The summed E-state index contributed by atoms with van der Waals surface area (Å²) in [6, 6.07) is 6.68. The van der Waals surface area contributed by atoms with Gasteiger partial charge in [-0.25, -0.2) is 4.39 Å². The highest BCUT2D eigenvalue weighted by Gasteiger charge is 2.16. The number of nitrogens with one attached hydrogen (secondary N) is 1. The van der Waals surface area contributed by atoms with Crippen LogP contribution in [0.2, 0.25) is 0 Å². The average Bonchev–Trinajstić information content (AvgIpc) is 3.52. The first-order valence-corrected chi connectivity index (χ1v) is 11.6. The van der Waals surface area contributed by atoms with E-state index >= 15 is 0 Å². The van der Waals surface area contributed by atoms with Gasteiger partial charge in [0.1, 0.15) is 11.5 Å². The van der Waals surface area contributed by atoms with Crippen molar-refractivity contribution in [3.63, 3.8) is 0 Å². The summed E-state index contributed by atoms with van der Waals surface area (Å²) in [5.41, 5.74) is 1.75. The predicted octanol–water partition coefficient (Wildman–Crippen LogP) is 4.63. The number of amides is 2. The van der Waals surface area contributed by atoms with E-state index in [1.54, 1.807) is 32.4 Å². The molecule has 1 fully saturated rings. The summed E-state index contributed by atoms with van der Waals surface area (Å²) < 4.78 is 15.3. The van der Waals surface area contributed by atoms with E-state index in [-0.39, 0.29) is 17.6 Å². The van der Waals surface area contributed by atoms with E-state index in [2.05, 4.69) is 10.1 Å². The highest BCUT2D eigenvalue weighted by atomic mass is 19.1.